The molecular formula is C59H114O17P2. The summed E-state index contributed by atoms with van der Waals surface area (Å²) in [6, 6.07) is 0. The van der Waals surface area contributed by atoms with E-state index < -0.39 is 97.5 Å². The van der Waals surface area contributed by atoms with Gasteiger partial charge in [0.25, 0.3) is 0 Å². The molecule has 5 atom stereocenters. The largest absolute Gasteiger partial charge is 0.472 e. The SMILES string of the molecule is CCCCCCCC(=O)OC[C@H](COP(=O)(O)OC[C@H](O)COP(=O)(O)OC[C@@H](COC(=O)CCCCCCCCCCCC(C)C)OC(=O)CCCCCCCCCCCC(C)C)OC(=O)CCCCCCCCC(C)C. The molecule has 0 aromatic heterocycles. The zero-order valence-corrected chi connectivity index (χ0v) is 51.9. The number of aliphatic hydroxyl groups is 1. The number of carbonyl (C=O) groups is 4. The van der Waals surface area contributed by atoms with Crippen molar-refractivity contribution >= 4 is 39.5 Å². The Morgan fingerprint density at radius 3 is 0.872 bits per heavy atom. The smallest absolute Gasteiger partial charge is 0.462 e. The maximum atomic E-state index is 12.9. The number of hydrogen-bond donors (Lipinski definition) is 3. The molecule has 2 unspecified atom stereocenters. The van der Waals surface area contributed by atoms with Crippen LogP contribution in [-0.4, -0.2) is 96.7 Å². The fraction of sp³-hybridized carbons (Fsp3) is 0.932. The fourth-order valence-corrected chi connectivity index (χ4v) is 10.2. The molecule has 0 aromatic rings. The van der Waals surface area contributed by atoms with E-state index >= 15 is 0 Å². The van der Waals surface area contributed by atoms with Gasteiger partial charge >= 0.3 is 39.5 Å². The Bertz CT molecular complexity index is 1560. The maximum Gasteiger partial charge on any atom is 0.472 e. The molecule has 17 nitrogen and oxygen atoms in total. The number of esters is 4. The van der Waals surface area contributed by atoms with Crippen LogP contribution in [0.2, 0.25) is 0 Å². The third-order valence-electron chi connectivity index (χ3n) is 13.4. The van der Waals surface area contributed by atoms with E-state index in [2.05, 4.69) is 48.5 Å². The standard InChI is InChI=1S/C59H114O17P2/c1-8-9-10-23-33-40-56(61)69-46-54(76-59(64)43-36-29-22-21-26-32-39-52(6)7)48-73-77(65,66)71-44-53(60)45-72-78(67,68)74-49-55(75-58(63)42-35-28-20-16-12-14-18-25-31-38-51(4)5)47-70-57(62)41-34-27-19-15-11-13-17-24-30-37-50(2)3/h50-55,60H,8-49H2,1-7H3,(H,65,66)(H,67,68)/t53-,54+,55+/m0/s1. The Kier molecular flexibility index (Phi) is 49.5. The number of ether oxygens (including phenoxy) is 4. The molecule has 0 aliphatic heterocycles. The van der Waals surface area contributed by atoms with Crippen molar-refractivity contribution in [1.29, 1.82) is 0 Å². The van der Waals surface area contributed by atoms with Crippen LogP contribution in [0.25, 0.3) is 0 Å². The first-order valence-corrected chi connectivity index (χ1v) is 33.8. The molecule has 0 saturated carbocycles. The molecule has 0 amide bonds. The Balaban J connectivity index is 5.19. The van der Waals surface area contributed by atoms with E-state index in [0.29, 0.717) is 31.6 Å². The number of aliphatic hydroxyl groups excluding tert-OH is 1. The van der Waals surface area contributed by atoms with Crippen molar-refractivity contribution in [2.45, 2.75) is 298 Å². The van der Waals surface area contributed by atoms with Gasteiger partial charge in [-0.05, 0) is 43.4 Å². The van der Waals surface area contributed by atoms with Crippen LogP contribution in [0.4, 0.5) is 0 Å². The molecule has 19 heteroatoms. The van der Waals surface area contributed by atoms with Gasteiger partial charge in [0.1, 0.15) is 19.3 Å². The molecule has 0 fully saturated rings. The van der Waals surface area contributed by atoms with E-state index in [9.17, 15) is 43.2 Å². The van der Waals surface area contributed by atoms with Crippen molar-refractivity contribution in [2.75, 3.05) is 39.6 Å². The molecule has 78 heavy (non-hydrogen) atoms. The fourth-order valence-electron chi connectivity index (χ4n) is 8.60. The molecule has 0 aromatic carbocycles. The predicted octanol–water partition coefficient (Wildman–Crippen LogP) is 15.6. The van der Waals surface area contributed by atoms with Gasteiger partial charge < -0.3 is 33.8 Å². The van der Waals surface area contributed by atoms with Crippen LogP contribution in [0.1, 0.15) is 280 Å². The Labute approximate surface area is 473 Å². The van der Waals surface area contributed by atoms with Crippen molar-refractivity contribution in [3.8, 4) is 0 Å². The summed E-state index contributed by atoms with van der Waals surface area (Å²) in [6.45, 7) is 11.5. The monoisotopic (exact) mass is 1160 g/mol. The second-order valence-electron chi connectivity index (χ2n) is 22.8. The predicted molar refractivity (Wildman–Crippen MR) is 308 cm³/mol. The molecule has 462 valence electrons. The van der Waals surface area contributed by atoms with Gasteiger partial charge in [-0.3, -0.25) is 37.3 Å². The van der Waals surface area contributed by atoms with Crippen LogP contribution in [-0.2, 0) is 65.4 Å². The number of phosphoric ester groups is 2. The minimum Gasteiger partial charge on any atom is -0.462 e. The van der Waals surface area contributed by atoms with E-state index in [1.165, 1.54) is 83.5 Å². The second kappa shape index (κ2) is 50.8. The summed E-state index contributed by atoms with van der Waals surface area (Å²) in [5, 5.41) is 10.5. The van der Waals surface area contributed by atoms with Gasteiger partial charge in [0.05, 0.1) is 26.4 Å². The zero-order valence-electron chi connectivity index (χ0n) is 50.1. The third kappa shape index (κ3) is 53.4. The van der Waals surface area contributed by atoms with Crippen LogP contribution in [0, 0.1) is 17.8 Å². The van der Waals surface area contributed by atoms with Crippen LogP contribution in [0.3, 0.4) is 0 Å². The van der Waals surface area contributed by atoms with E-state index in [4.69, 9.17) is 37.0 Å². The van der Waals surface area contributed by atoms with E-state index in [1.807, 2.05) is 0 Å². The average Bonchev–Trinajstić information content (AvgIpc) is 3.38. The van der Waals surface area contributed by atoms with E-state index in [0.717, 1.165) is 108 Å². The first-order valence-electron chi connectivity index (χ1n) is 30.8. The number of rotatable bonds is 57. The van der Waals surface area contributed by atoms with Crippen LogP contribution in [0.5, 0.6) is 0 Å². The lowest BCUT2D eigenvalue weighted by molar-refractivity contribution is -0.161. The Hall–Kier alpha value is -1.94. The van der Waals surface area contributed by atoms with Crippen molar-refractivity contribution in [2.24, 2.45) is 17.8 Å². The molecule has 0 spiro atoms. The summed E-state index contributed by atoms with van der Waals surface area (Å²) in [5.74, 6) is -0.00777. The number of unbranched alkanes of at least 4 members (excludes halogenated alkanes) is 25. The third-order valence-corrected chi connectivity index (χ3v) is 15.3. The molecule has 0 bridgehead atoms. The summed E-state index contributed by atoms with van der Waals surface area (Å²) in [4.78, 5) is 71.7. The Morgan fingerprint density at radius 1 is 0.346 bits per heavy atom. The molecule has 3 N–H and O–H groups in total. The lowest BCUT2D eigenvalue weighted by Crippen LogP contribution is -2.30. The average molecular weight is 1160 g/mol. The highest BCUT2D eigenvalue weighted by Gasteiger charge is 2.30. The van der Waals surface area contributed by atoms with Gasteiger partial charge in [0.2, 0.25) is 0 Å². The highest BCUT2D eigenvalue weighted by molar-refractivity contribution is 7.47. The van der Waals surface area contributed by atoms with Gasteiger partial charge in [-0.25, -0.2) is 9.13 Å². The second-order valence-corrected chi connectivity index (χ2v) is 25.7. The summed E-state index contributed by atoms with van der Waals surface area (Å²) >= 11 is 0. The summed E-state index contributed by atoms with van der Waals surface area (Å²) in [7, 11) is -9.87. The van der Waals surface area contributed by atoms with E-state index in [-0.39, 0.29) is 25.7 Å². The van der Waals surface area contributed by atoms with Crippen LogP contribution < -0.4 is 0 Å². The first kappa shape index (κ1) is 76.1. The molecule has 0 aliphatic carbocycles. The van der Waals surface area contributed by atoms with Gasteiger partial charge in [-0.1, -0.05) is 228 Å². The highest BCUT2D eigenvalue weighted by atomic mass is 31.2. The number of hydrogen-bond acceptors (Lipinski definition) is 15. The van der Waals surface area contributed by atoms with Gasteiger partial charge in [-0.15, -0.1) is 0 Å². The summed E-state index contributed by atoms with van der Waals surface area (Å²) in [6.07, 6.45) is 29.9. The van der Waals surface area contributed by atoms with Crippen LogP contribution in [0.15, 0.2) is 0 Å². The topological polar surface area (TPSA) is 237 Å². The lowest BCUT2D eigenvalue weighted by atomic mass is 10.0. The summed E-state index contributed by atoms with van der Waals surface area (Å²) in [5.41, 5.74) is 0. The zero-order chi connectivity index (χ0) is 58.1. The molecular weight excluding hydrogens is 1040 g/mol. The molecule has 0 radical (unpaired) electrons. The minimum absolute atomic E-state index is 0.101. The van der Waals surface area contributed by atoms with Crippen molar-refractivity contribution in [3.05, 3.63) is 0 Å². The molecule has 0 heterocycles. The van der Waals surface area contributed by atoms with E-state index in [1.54, 1.807) is 0 Å². The minimum atomic E-state index is -4.94. The molecule has 0 aliphatic rings. The van der Waals surface area contributed by atoms with Gasteiger partial charge in [0, 0.05) is 25.7 Å². The van der Waals surface area contributed by atoms with Gasteiger partial charge in [-0.2, -0.15) is 0 Å². The number of phosphoric acid groups is 2. The molecule has 0 saturated heterocycles. The Morgan fingerprint density at radius 2 is 0.590 bits per heavy atom. The normalized spacial score (nSPS) is 14.5. The maximum absolute atomic E-state index is 12.9. The van der Waals surface area contributed by atoms with Gasteiger partial charge in [0.15, 0.2) is 12.2 Å². The van der Waals surface area contributed by atoms with Crippen molar-refractivity contribution in [3.63, 3.8) is 0 Å². The summed E-state index contributed by atoms with van der Waals surface area (Å²) < 4.78 is 67.6. The highest BCUT2D eigenvalue weighted by Crippen LogP contribution is 2.45. The van der Waals surface area contributed by atoms with Crippen LogP contribution >= 0.6 is 15.6 Å². The number of carbonyl (C=O) groups excluding carboxylic acids is 4. The van der Waals surface area contributed by atoms with Crippen molar-refractivity contribution in [1.82, 2.24) is 0 Å². The molecule has 0 rings (SSSR count). The lowest BCUT2D eigenvalue weighted by Gasteiger charge is -2.21. The first-order chi connectivity index (χ1) is 37.2. The van der Waals surface area contributed by atoms with Crippen molar-refractivity contribution < 1.29 is 80.2 Å². The quantitative estimate of drug-likeness (QED) is 0.0222.